The van der Waals surface area contributed by atoms with Crippen molar-refractivity contribution >= 4 is 29.0 Å². The zero-order valence-corrected chi connectivity index (χ0v) is 17.9. The van der Waals surface area contributed by atoms with Crippen LogP contribution in [0.2, 0.25) is 0 Å². The van der Waals surface area contributed by atoms with Crippen LogP contribution in [0, 0.1) is 0 Å². The van der Waals surface area contributed by atoms with Crippen LogP contribution in [0.4, 0.5) is 11.4 Å². The summed E-state index contributed by atoms with van der Waals surface area (Å²) in [6.07, 6.45) is 8.59. The first-order valence-electron chi connectivity index (χ1n) is 10.3. The van der Waals surface area contributed by atoms with E-state index in [1.165, 1.54) is 43.1 Å². The molecule has 1 aliphatic heterocycles. The third-order valence-corrected chi connectivity index (χ3v) is 6.25. The maximum atomic E-state index is 12.4. The van der Waals surface area contributed by atoms with Gasteiger partial charge >= 0.3 is 0 Å². The molecular formula is C22H26N6OS. The fourth-order valence-electron chi connectivity index (χ4n) is 3.60. The molecule has 2 aromatic heterocycles. The van der Waals surface area contributed by atoms with Crippen LogP contribution >= 0.6 is 11.8 Å². The number of carbonyl (C=O) groups is 1. The van der Waals surface area contributed by atoms with Gasteiger partial charge in [0.2, 0.25) is 5.91 Å². The normalized spacial score (nSPS) is 14.4. The second kappa shape index (κ2) is 9.75. The molecule has 1 saturated heterocycles. The summed E-state index contributed by atoms with van der Waals surface area (Å²) >= 11 is 1.37. The van der Waals surface area contributed by atoms with Crippen molar-refractivity contribution in [3.8, 4) is 11.4 Å². The van der Waals surface area contributed by atoms with Gasteiger partial charge in [0.25, 0.3) is 0 Å². The summed E-state index contributed by atoms with van der Waals surface area (Å²) < 4.78 is 1.89. The lowest BCUT2D eigenvalue weighted by atomic mass is 10.2. The number of hydrogen-bond acceptors (Lipinski definition) is 6. The minimum atomic E-state index is -0.0593. The number of rotatable bonds is 6. The molecule has 7 nitrogen and oxygen atoms in total. The zero-order valence-electron chi connectivity index (χ0n) is 17.1. The second-order valence-corrected chi connectivity index (χ2v) is 8.33. The number of hydrogen-bond donors (Lipinski definition) is 1. The highest BCUT2D eigenvalue weighted by molar-refractivity contribution is 7.99. The van der Waals surface area contributed by atoms with Crippen LogP contribution in [0.1, 0.15) is 25.7 Å². The molecule has 0 radical (unpaired) electrons. The summed E-state index contributed by atoms with van der Waals surface area (Å²) in [4.78, 5) is 18.9. The van der Waals surface area contributed by atoms with E-state index in [9.17, 15) is 4.79 Å². The fraction of sp³-hybridized carbons (Fsp3) is 0.364. The molecule has 0 spiro atoms. The molecule has 1 fully saturated rings. The second-order valence-electron chi connectivity index (χ2n) is 7.39. The lowest BCUT2D eigenvalue weighted by Crippen LogP contribution is -2.23. The molecule has 0 atom stereocenters. The van der Waals surface area contributed by atoms with Crippen molar-refractivity contribution in [2.75, 3.05) is 29.1 Å². The van der Waals surface area contributed by atoms with E-state index in [1.54, 1.807) is 12.4 Å². The van der Waals surface area contributed by atoms with Crippen molar-refractivity contribution in [1.82, 2.24) is 19.7 Å². The third-order valence-electron chi connectivity index (χ3n) is 5.23. The van der Waals surface area contributed by atoms with Gasteiger partial charge in [-0.1, -0.05) is 24.6 Å². The Bertz CT molecular complexity index is 965. The first-order chi connectivity index (χ1) is 14.7. The fourth-order valence-corrected chi connectivity index (χ4v) is 4.32. The summed E-state index contributed by atoms with van der Waals surface area (Å²) in [5.74, 6) is 0.969. The lowest BCUT2D eigenvalue weighted by Gasteiger charge is -2.22. The first kappa shape index (κ1) is 20.4. The summed E-state index contributed by atoms with van der Waals surface area (Å²) in [6, 6.07) is 11.9. The molecule has 3 heterocycles. The molecule has 30 heavy (non-hydrogen) atoms. The van der Waals surface area contributed by atoms with E-state index in [0.717, 1.165) is 30.2 Å². The van der Waals surface area contributed by atoms with Crippen molar-refractivity contribution in [1.29, 1.82) is 0 Å². The number of aromatic nitrogens is 4. The van der Waals surface area contributed by atoms with Gasteiger partial charge in [0.15, 0.2) is 11.0 Å². The monoisotopic (exact) mass is 422 g/mol. The summed E-state index contributed by atoms with van der Waals surface area (Å²) in [5, 5.41) is 12.1. The van der Waals surface area contributed by atoms with Gasteiger partial charge in [-0.2, -0.15) is 0 Å². The van der Waals surface area contributed by atoms with Crippen LogP contribution in [0.15, 0.2) is 53.9 Å². The molecular weight excluding hydrogens is 396 g/mol. The summed E-state index contributed by atoms with van der Waals surface area (Å²) in [6.45, 7) is 2.23. The Morgan fingerprint density at radius 3 is 2.40 bits per heavy atom. The molecule has 1 amide bonds. The van der Waals surface area contributed by atoms with E-state index in [4.69, 9.17) is 0 Å². The minimum absolute atomic E-state index is 0.0593. The van der Waals surface area contributed by atoms with Crippen molar-refractivity contribution in [3.63, 3.8) is 0 Å². The Labute approximate surface area is 180 Å². The van der Waals surface area contributed by atoms with Crippen LogP contribution < -0.4 is 10.2 Å². The van der Waals surface area contributed by atoms with Gasteiger partial charge in [-0.25, -0.2) is 0 Å². The molecule has 0 bridgehead atoms. The average Bonchev–Trinajstić information content (AvgIpc) is 2.96. The SMILES string of the molecule is Cn1c(SCC(=O)Nc2ccc(N3CCCCCC3)cc2)nnc1-c1ccncc1. The van der Waals surface area contributed by atoms with Crippen LogP contribution in [0.5, 0.6) is 0 Å². The van der Waals surface area contributed by atoms with Crippen LogP contribution in [0.25, 0.3) is 11.4 Å². The molecule has 1 aliphatic rings. The smallest absolute Gasteiger partial charge is 0.234 e. The number of amides is 1. The lowest BCUT2D eigenvalue weighted by molar-refractivity contribution is -0.113. The van der Waals surface area contributed by atoms with Crippen LogP contribution in [0.3, 0.4) is 0 Å². The standard InChI is InChI=1S/C22H26N6OS/c1-27-21(17-10-12-23-13-11-17)25-26-22(27)30-16-20(29)24-18-6-8-19(9-7-18)28-14-4-2-3-5-15-28/h6-13H,2-5,14-16H2,1H3,(H,24,29). The molecule has 1 N–H and O–H groups in total. The van der Waals surface area contributed by atoms with Crippen molar-refractivity contribution in [3.05, 3.63) is 48.8 Å². The highest BCUT2D eigenvalue weighted by atomic mass is 32.2. The number of carbonyl (C=O) groups excluding carboxylic acids is 1. The topological polar surface area (TPSA) is 75.9 Å². The number of thioether (sulfide) groups is 1. The Balaban J connectivity index is 1.31. The molecule has 4 rings (SSSR count). The van der Waals surface area contributed by atoms with E-state index in [0.29, 0.717) is 5.16 Å². The summed E-state index contributed by atoms with van der Waals surface area (Å²) in [7, 11) is 1.90. The quantitative estimate of drug-likeness (QED) is 0.606. The maximum absolute atomic E-state index is 12.4. The Hall–Kier alpha value is -2.87. The largest absolute Gasteiger partial charge is 0.372 e. The highest BCUT2D eigenvalue weighted by Crippen LogP contribution is 2.24. The Morgan fingerprint density at radius 2 is 1.70 bits per heavy atom. The van der Waals surface area contributed by atoms with E-state index >= 15 is 0 Å². The summed E-state index contributed by atoms with van der Waals surface area (Å²) in [5.41, 5.74) is 2.99. The first-order valence-corrected chi connectivity index (χ1v) is 11.3. The molecule has 0 saturated carbocycles. The molecule has 0 unspecified atom stereocenters. The predicted octanol–water partition coefficient (Wildman–Crippen LogP) is 3.99. The van der Waals surface area contributed by atoms with Gasteiger partial charge in [0.1, 0.15) is 0 Å². The predicted molar refractivity (Wildman–Crippen MR) is 121 cm³/mol. The number of anilines is 2. The van der Waals surface area contributed by atoms with Crippen molar-refractivity contribution in [2.45, 2.75) is 30.8 Å². The van der Waals surface area contributed by atoms with E-state index in [1.807, 2.05) is 35.9 Å². The van der Waals surface area contributed by atoms with E-state index in [-0.39, 0.29) is 11.7 Å². The molecule has 1 aromatic carbocycles. The Morgan fingerprint density at radius 1 is 1.00 bits per heavy atom. The average molecular weight is 423 g/mol. The maximum Gasteiger partial charge on any atom is 0.234 e. The molecule has 8 heteroatoms. The van der Waals surface area contributed by atoms with E-state index in [2.05, 4.69) is 37.5 Å². The van der Waals surface area contributed by atoms with Crippen LogP contribution in [-0.4, -0.2) is 44.5 Å². The number of benzene rings is 1. The highest BCUT2D eigenvalue weighted by Gasteiger charge is 2.14. The Kier molecular flexibility index (Phi) is 6.63. The van der Waals surface area contributed by atoms with E-state index < -0.39 is 0 Å². The van der Waals surface area contributed by atoms with Gasteiger partial charge < -0.3 is 14.8 Å². The number of pyridine rings is 1. The molecule has 0 aliphatic carbocycles. The number of nitrogens with one attached hydrogen (secondary N) is 1. The molecule has 156 valence electrons. The van der Waals surface area contributed by atoms with Gasteiger partial charge in [0.05, 0.1) is 5.75 Å². The van der Waals surface area contributed by atoms with Crippen molar-refractivity contribution in [2.24, 2.45) is 7.05 Å². The van der Waals surface area contributed by atoms with Crippen molar-refractivity contribution < 1.29 is 4.79 Å². The van der Waals surface area contributed by atoms with Gasteiger partial charge in [-0.05, 0) is 49.2 Å². The zero-order chi connectivity index (χ0) is 20.8. The number of nitrogens with zero attached hydrogens (tertiary/aromatic N) is 5. The van der Waals surface area contributed by atoms with Gasteiger partial charge in [-0.3, -0.25) is 9.78 Å². The van der Waals surface area contributed by atoms with Crippen LogP contribution in [-0.2, 0) is 11.8 Å². The van der Waals surface area contributed by atoms with Gasteiger partial charge in [0, 0.05) is 49.5 Å². The van der Waals surface area contributed by atoms with Gasteiger partial charge in [-0.15, -0.1) is 10.2 Å². The molecule has 3 aromatic rings. The third kappa shape index (κ3) is 4.99. The minimum Gasteiger partial charge on any atom is -0.372 e.